The Morgan fingerprint density at radius 2 is 0.562 bits per heavy atom. The van der Waals surface area contributed by atoms with Crippen molar-refractivity contribution in [1.82, 2.24) is 0 Å². The maximum atomic E-state index is 12.6. The number of carbonyl (C=O) groups is 3. The molecule has 284 valence electrons. The fraction of sp³-hybridized carbons (Fsp3) is 0.929. The molecule has 0 amide bonds. The van der Waals surface area contributed by atoms with Gasteiger partial charge in [0.2, 0.25) is 0 Å². The lowest BCUT2D eigenvalue weighted by atomic mass is 10.0. The van der Waals surface area contributed by atoms with Gasteiger partial charge in [-0.05, 0) is 19.3 Å². The molecule has 0 aromatic heterocycles. The molecule has 0 aliphatic carbocycles. The molecule has 0 aromatic rings. The number of esters is 3. The van der Waals surface area contributed by atoms with E-state index in [1.807, 2.05) is 0 Å². The summed E-state index contributed by atoms with van der Waals surface area (Å²) in [5.41, 5.74) is 0. The Labute approximate surface area is 298 Å². The molecule has 48 heavy (non-hydrogen) atoms. The minimum Gasteiger partial charge on any atom is -0.462 e. The average molecular weight is 681 g/mol. The van der Waals surface area contributed by atoms with Crippen LogP contribution in [0.25, 0.3) is 0 Å². The fourth-order valence-corrected chi connectivity index (χ4v) is 6.15. The molecule has 0 bridgehead atoms. The number of rotatable bonds is 38. The number of carbonyl (C=O) groups excluding carboxylic acids is 3. The molecule has 0 aliphatic heterocycles. The number of unbranched alkanes of at least 4 members (excludes halogenated alkanes) is 27. The molecule has 0 saturated heterocycles. The summed E-state index contributed by atoms with van der Waals surface area (Å²) in [6, 6.07) is 0. The van der Waals surface area contributed by atoms with Gasteiger partial charge in [-0.2, -0.15) is 0 Å². The first-order valence-electron chi connectivity index (χ1n) is 21.0. The van der Waals surface area contributed by atoms with Crippen molar-refractivity contribution in [1.29, 1.82) is 0 Å². The normalized spacial score (nSPS) is 11.8. The zero-order chi connectivity index (χ0) is 35.2. The van der Waals surface area contributed by atoms with Crippen molar-refractivity contribution >= 4 is 17.9 Å². The van der Waals surface area contributed by atoms with E-state index < -0.39 is 6.10 Å². The summed E-state index contributed by atoms with van der Waals surface area (Å²) in [5.74, 6) is -0.873. The van der Waals surface area contributed by atoms with Crippen LogP contribution in [0.1, 0.15) is 233 Å². The Morgan fingerprint density at radius 3 is 0.833 bits per heavy atom. The number of hydrogen-bond acceptors (Lipinski definition) is 6. The second kappa shape index (κ2) is 38.2. The Hall–Kier alpha value is -1.59. The Bertz CT molecular complexity index is 708. The monoisotopic (exact) mass is 681 g/mol. The van der Waals surface area contributed by atoms with E-state index in [-0.39, 0.29) is 31.1 Å². The molecule has 0 N–H and O–H groups in total. The molecule has 0 aromatic carbocycles. The van der Waals surface area contributed by atoms with Crippen molar-refractivity contribution in [3.8, 4) is 0 Å². The first-order valence-corrected chi connectivity index (χ1v) is 21.0. The van der Waals surface area contributed by atoms with E-state index in [1.165, 1.54) is 128 Å². The van der Waals surface area contributed by atoms with Crippen molar-refractivity contribution < 1.29 is 28.6 Å². The van der Waals surface area contributed by atoms with Crippen LogP contribution in [-0.4, -0.2) is 37.2 Å². The Balaban J connectivity index is 4.18. The van der Waals surface area contributed by atoms with Gasteiger partial charge in [0, 0.05) is 19.3 Å². The van der Waals surface area contributed by atoms with Gasteiger partial charge in [-0.3, -0.25) is 14.4 Å². The van der Waals surface area contributed by atoms with E-state index in [0.717, 1.165) is 64.2 Å². The van der Waals surface area contributed by atoms with Gasteiger partial charge in [-0.15, -0.1) is 0 Å². The second-order valence-electron chi connectivity index (χ2n) is 14.3. The lowest BCUT2D eigenvalue weighted by Crippen LogP contribution is -2.30. The third-order valence-electron chi connectivity index (χ3n) is 9.36. The lowest BCUT2D eigenvalue weighted by Gasteiger charge is -2.18. The van der Waals surface area contributed by atoms with E-state index in [2.05, 4.69) is 20.8 Å². The third-order valence-corrected chi connectivity index (χ3v) is 9.36. The van der Waals surface area contributed by atoms with Crippen LogP contribution < -0.4 is 0 Å². The topological polar surface area (TPSA) is 78.9 Å². The molecule has 0 spiro atoms. The van der Waals surface area contributed by atoms with Crippen LogP contribution in [0.3, 0.4) is 0 Å². The van der Waals surface area contributed by atoms with Gasteiger partial charge in [-0.25, -0.2) is 0 Å². The standard InChI is InChI=1S/C42H80O6/c1-4-7-10-13-15-17-19-20-21-22-23-25-26-29-32-35-41(44)47-38-39(37-46-40(43)34-31-28-12-9-6-3)48-42(45)36-33-30-27-24-18-16-14-11-8-5-2/h39H,4-38H2,1-3H3/t39-/m1/s1. The smallest absolute Gasteiger partial charge is 0.306 e. The van der Waals surface area contributed by atoms with Gasteiger partial charge >= 0.3 is 17.9 Å². The highest BCUT2D eigenvalue weighted by Gasteiger charge is 2.19. The van der Waals surface area contributed by atoms with E-state index >= 15 is 0 Å². The molecular weight excluding hydrogens is 600 g/mol. The van der Waals surface area contributed by atoms with Gasteiger partial charge in [0.1, 0.15) is 13.2 Å². The average Bonchev–Trinajstić information content (AvgIpc) is 3.08. The molecule has 0 aliphatic rings. The molecule has 0 rings (SSSR count). The number of ether oxygens (including phenoxy) is 3. The summed E-state index contributed by atoms with van der Waals surface area (Å²) in [6.07, 6.45) is 36.8. The van der Waals surface area contributed by atoms with Gasteiger partial charge in [0.15, 0.2) is 6.10 Å². The van der Waals surface area contributed by atoms with E-state index in [1.54, 1.807) is 0 Å². The quantitative estimate of drug-likeness (QED) is 0.0367. The van der Waals surface area contributed by atoms with E-state index in [0.29, 0.717) is 19.3 Å². The van der Waals surface area contributed by atoms with Crippen molar-refractivity contribution in [3.05, 3.63) is 0 Å². The molecule has 0 unspecified atom stereocenters. The fourth-order valence-electron chi connectivity index (χ4n) is 6.15. The summed E-state index contributed by atoms with van der Waals surface area (Å²) in [5, 5.41) is 0. The van der Waals surface area contributed by atoms with Crippen LogP contribution in [0.4, 0.5) is 0 Å². The first-order chi connectivity index (χ1) is 23.5. The van der Waals surface area contributed by atoms with Gasteiger partial charge < -0.3 is 14.2 Å². The summed E-state index contributed by atoms with van der Waals surface area (Å²) >= 11 is 0. The number of hydrogen-bond donors (Lipinski definition) is 0. The largest absolute Gasteiger partial charge is 0.462 e. The lowest BCUT2D eigenvalue weighted by molar-refractivity contribution is -0.167. The highest BCUT2D eigenvalue weighted by Crippen LogP contribution is 2.15. The molecule has 0 saturated carbocycles. The van der Waals surface area contributed by atoms with Crippen LogP contribution in [0.2, 0.25) is 0 Å². The Kier molecular flexibility index (Phi) is 36.9. The molecule has 6 heteroatoms. The molecular formula is C42H80O6. The van der Waals surface area contributed by atoms with Crippen LogP contribution in [0.15, 0.2) is 0 Å². The minimum absolute atomic E-state index is 0.0644. The second-order valence-corrected chi connectivity index (χ2v) is 14.3. The molecule has 6 nitrogen and oxygen atoms in total. The zero-order valence-electron chi connectivity index (χ0n) is 32.3. The van der Waals surface area contributed by atoms with Gasteiger partial charge in [0.05, 0.1) is 0 Å². The van der Waals surface area contributed by atoms with Gasteiger partial charge in [-0.1, -0.05) is 194 Å². The maximum Gasteiger partial charge on any atom is 0.306 e. The van der Waals surface area contributed by atoms with Crippen LogP contribution in [0.5, 0.6) is 0 Å². The van der Waals surface area contributed by atoms with Crippen molar-refractivity contribution in [2.24, 2.45) is 0 Å². The van der Waals surface area contributed by atoms with Gasteiger partial charge in [0.25, 0.3) is 0 Å². The van der Waals surface area contributed by atoms with Crippen molar-refractivity contribution in [3.63, 3.8) is 0 Å². The van der Waals surface area contributed by atoms with Crippen LogP contribution in [0, 0.1) is 0 Å². The summed E-state index contributed by atoms with van der Waals surface area (Å²) < 4.78 is 16.5. The Morgan fingerprint density at radius 1 is 0.333 bits per heavy atom. The van der Waals surface area contributed by atoms with E-state index in [9.17, 15) is 14.4 Å². The minimum atomic E-state index is -0.755. The van der Waals surface area contributed by atoms with Crippen LogP contribution in [-0.2, 0) is 28.6 Å². The predicted octanol–water partition coefficient (Wildman–Crippen LogP) is 12.9. The SMILES string of the molecule is CCCCCCCCCCCCCCCCCC(=O)OC[C@@H](COC(=O)CCCCCCC)OC(=O)CCCCCCCCCCCC. The molecule has 0 fully saturated rings. The highest BCUT2D eigenvalue weighted by atomic mass is 16.6. The predicted molar refractivity (Wildman–Crippen MR) is 201 cm³/mol. The summed E-state index contributed by atoms with van der Waals surface area (Å²) in [7, 11) is 0. The first kappa shape index (κ1) is 46.4. The van der Waals surface area contributed by atoms with Crippen molar-refractivity contribution in [2.45, 2.75) is 239 Å². The zero-order valence-corrected chi connectivity index (χ0v) is 32.3. The highest BCUT2D eigenvalue weighted by molar-refractivity contribution is 5.71. The van der Waals surface area contributed by atoms with Crippen molar-refractivity contribution in [2.75, 3.05) is 13.2 Å². The maximum absolute atomic E-state index is 12.6. The summed E-state index contributed by atoms with van der Waals surface area (Å²) in [4.78, 5) is 37.3. The van der Waals surface area contributed by atoms with Crippen LogP contribution >= 0.6 is 0 Å². The molecule has 0 heterocycles. The van der Waals surface area contributed by atoms with E-state index in [4.69, 9.17) is 14.2 Å². The summed E-state index contributed by atoms with van der Waals surface area (Å²) in [6.45, 7) is 6.55. The third kappa shape index (κ3) is 35.7. The molecule has 0 radical (unpaired) electrons. The molecule has 1 atom stereocenters.